The highest BCUT2D eigenvalue weighted by Gasteiger charge is 2.25. The van der Waals surface area contributed by atoms with Gasteiger partial charge in [-0.05, 0) is 43.6 Å². The van der Waals surface area contributed by atoms with E-state index in [1.807, 2.05) is 4.90 Å². The number of nitrogens with zero attached hydrogens (tertiary/aromatic N) is 2. The molecule has 0 saturated carbocycles. The van der Waals surface area contributed by atoms with Crippen molar-refractivity contribution in [3.05, 3.63) is 29.6 Å². The lowest BCUT2D eigenvalue weighted by Crippen LogP contribution is -2.43. The number of likely N-dealkylation sites (N-methyl/N-ethyl adjacent to an activating group) is 1. The van der Waals surface area contributed by atoms with Gasteiger partial charge in [0.1, 0.15) is 0 Å². The van der Waals surface area contributed by atoms with Crippen molar-refractivity contribution in [3.63, 3.8) is 0 Å². The second-order valence-corrected chi connectivity index (χ2v) is 6.17. The molecule has 0 radical (unpaired) electrons. The van der Waals surface area contributed by atoms with Crippen molar-refractivity contribution in [2.45, 2.75) is 19.4 Å². The van der Waals surface area contributed by atoms with Crippen LogP contribution in [0.15, 0.2) is 18.2 Å². The van der Waals surface area contributed by atoms with Gasteiger partial charge in [-0.1, -0.05) is 6.07 Å². The molecule has 1 heterocycles. The minimum Gasteiger partial charge on any atom is -0.494 e. The zero-order valence-corrected chi connectivity index (χ0v) is 14.1. The molecular formula is C17H24FN3O3. The fraction of sp³-hybridized carbons (Fsp3) is 0.529. The molecule has 0 spiro atoms. The largest absolute Gasteiger partial charge is 0.494 e. The van der Waals surface area contributed by atoms with Crippen molar-refractivity contribution >= 4 is 11.8 Å². The summed E-state index contributed by atoms with van der Waals surface area (Å²) in [6.45, 7) is 1.99. The summed E-state index contributed by atoms with van der Waals surface area (Å²) in [7, 11) is 3.11. The number of rotatable bonds is 6. The molecule has 1 aliphatic heterocycles. The van der Waals surface area contributed by atoms with Crippen molar-refractivity contribution in [1.29, 1.82) is 0 Å². The third-order valence-corrected chi connectivity index (χ3v) is 4.41. The van der Waals surface area contributed by atoms with Crippen molar-refractivity contribution in [1.82, 2.24) is 9.80 Å². The van der Waals surface area contributed by atoms with Gasteiger partial charge in [0.15, 0.2) is 11.6 Å². The molecule has 2 amide bonds. The molecule has 2 rings (SSSR count). The van der Waals surface area contributed by atoms with Crippen LogP contribution >= 0.6 is 0 Å². The summed E-state index contributed by atoms with van der Waals surface area (Å²) >= 11 is 0. The second kappa shape index (κ2) is 8.10. The van der Waals surface area contributed by atoms with E-state index in [9.17, 15) is 14.0 Å². The van der Waals surface area contributed by atoms with E-state index in [-0.39, 0.29) is 23.5 Å². The monoisotopic (exact) mass is 337 g/mol. The summed E-state index contributed by atoms with van der Waals surface area (Å²) in [4.78, 5) is 27.1. The minimum absolute atomic E-state index is 0.0382. The van der Waals surface area contributed by atoms with Gasteiger partial charge in [0.05, 0.1) is 13.7 Å². The van der Waals surface area contributed by atoms with Gasteiger partial charge in [0.2, 0.25) is 11.8 Å². The molecule has 1 aromatic carbocycles. The molecule has 1 aliphatic rings. The number of ether oxygens (including phenoxy) is 1. The number of hydrogen-bond donors (Lipinski definition) is 1. The van der Waals surface area contributed by atoms with Gasteiger partial charge in [-0.15, -0.1) is 0 Å². The highest BCUT2D eigenvalue weighted by Crippen LogP contribution is 2.19. The molecule has 132 valence electrons. The lowest BCUT2D eigenvalue weighted by atomic mass is 9.96. The number of likely N-dealkylation sites (tertiary alicyclic amines) is 1. The maximum absolute atomic E-state index is 13.7. The fourth-order valence-electron chi connectivity index (χ4n) is 2.86. The third kappa shape index (κ3) is 4.67. The van der Waals surface area contributed by atoms with E-state index >= 15 is 0 Å². The molecule has 0 aliphatic carbocycles. The van der Waals surface area contributed by atoms with Gasteiger partial charge >= 0.3 is 0 Å². The first-order valence-electron chi connectivity index (χ1n) is 7.98. The van der Waals surface area contributed by atoms with Gasteiger partial charge in [0.25, 0.3) is 0 Å². The van der Waals surface area contributed by atoms with E-state index in [2.05, 4.69) is 0 Å². The Morgan fingerprint density at radius 3 is 2.58 bits per heavy atom. The number of amides is 2. The summed E-state index contributed by atoms with van der Waals surface area (Å²) in [6.07, 6.45) is 1.38. The molecule has 2 N–H and O–H groups in total. The van der Waals surface area contributed by atoms with Crippen LogP contribution in [0.4, 0.5) is 4.39 Å². The smallest absolute Gasteiger partial charge is 0.236 e. The number of primary amides is 1. The topological polar surface area (TPSA) is 75.9 Å². The Morgan fingerprint density at radius 2 is 2.04 bits per heavy atom. The molecule has 6 nitrogen and oxygen atoms in total. The third-order valence-electron chi connectivity index (χ3n) is 4.41. The maximum Gasteiger partial charge on any atom is 0.236 e. The summed E-state index contributed by atoms with van der Waals surface area (Å²) in [5.41, 5.74) is 6.01. The number of carbonyl (C=O) groups excluding carboxylic acids is 2. The molecule has 0 bridgehead atoms. The number of methoxy groups -OCH3 is 1. The predicted octanol–water partition coefficient (Wildman–Crippen LogP) is 0.990. The van der Waals surface area contributed by atoms with E-state index in [0.29, 0.717) is 44.6 Å². The first-order chi connectivity index (χ1) is 11.4. The zero-order chi connectivity index (χ0) is 17.7. The lowest BCUT2D eigenvalue weighted by Gasteiger charge is -2.31. The lowest BCUT2D eigenvalue weighted by molar-refractivity contribution is -0.132. The van der Waals surface area contributed by atoms with Gasteiger partial charge in [-0.2, -0.15) is 0 Å². The number of nitrogens with two attached hydrogens (primary N) is 1. The van der Waals surface area contributed by atoms with Crippen molar-refractivity contribution in [2.75, 3.05) is 33.8 Å². The molecule has 24 heavy (non-hydrogen) atoms. The fourth-order valence-corrected chi connectivity index (χ4v) is 2.86. The quantitative estimate of drug-likeness (QED) is 0.840. The van der Waals surface area contributed by atoms with E-state index in [0.717, 1.165) is 0 Å². The highest BCUT2D eigenvalue weighted by molar-refractivity contribution is 5.78. The summed E-state index contributed by atoms with van der Waals surface area (Å²) in [5.74, 6) is -0.644. The summed E-state index contributed by atoms with van der Waals surface area (Å²) in [5, 5.41) is 0. The van der Waals surface area contributed by atoms with Crippen LogP contribution in [0.3, 0.4) is 0 Å². The maximum atomic E-state index is 13.7. The van der Waals surface area contributed by atoms with Crippen LogP contribution in [0.5, 0.6) is 5.75 Å². The Hall–Kier alpha value is -2.15. The predicted molar refractivity (Wildman–Crippen MR) is 87.8 cm³/mol. The van der Waals surface area contributed by atoms with Crippen molar-refractivity contribution in [3.8, 4) is 5.75 Å². The van der Waals surface area contributed by atoms with E-state index in [1.165, 1.54) is 13.2 Å². The molecule has 0 unspecified atom stereocenters. The Bertz CT molecular complexity index is 601. The van der Waals surface area contributed by atoms with Crippen LogP contribution in [0.2, 0.25) is 0 Å². The SMILES string of the molecule is COc1ccc(CN(C)C(=O)CN2CCC(C(N)=O)CC2)cc1F. The number of piperidine rings is 1. The number of carbonyl (C=O) groups is 2. The Morgan fingerprint density at radius 1 is 1.38 bits per heavy atom. The minimum atomic E-state index is -0.440. The van der Waals surface area contributed by atoms with Crippen LogP contribution in [0.25, 0.3) is 0 Å². The second-order valence-electron chi connectivity index (χ2n) is 6.17. The zero-order valence-electron chi connectivity index (χ0n) is 14.1. The average molecular weight is 337 g/mol. The molecule has 0 aromatic heterocycles. The highest BCUT2D eigenvalue weighted by atomic mass is 19.1. The van der Waals surface area contributed by atoms with Crippen molar-refractivity contribution < 1.29 is 18.7 Å². The molecule has 1 fully saturated rings. The van der Waals surface area contributed by atoms with E-state index in [4.69, 9.17) is 10.5 Å². The number of halogens is 1. The number of benzene rings is 1. The first-order valence-corrected chi connectivity index (χ1v) is 7.98. The van der Waals surface area contributed by atoms with E-state index < -0.39 is 5.82 Å². The molecule has 1 aromatic rings. The summed E-state index contributed by atoms with van der Waals surface area (Å²) in [6, 6.07) is 4.67. The Balaban J connectivity index is 1.84. The molecule has 1 saturated heterocycles. The van der Waals surface area contributed by atoms with Crippen LogP contribution in [0, 0.1) is 11.7 Å². The van der Waals surface area contributed by atoms with Gasteiger partial charge in [0, 0.05) is 19.5 Å². The first kappa shape index (κ1) is 18.2. The van der Waals surface area contributed by atoms with Gasteiger partial charge < -0.3 is 15.4 Å². The molecule has 0 atom stereocenters. The molecule has 7 heteroatoms. The average Bonchev–Trinajstić information content (AvgIpc) is 2.55. The Kier molecular flexibility index (Phi) is 6.14. The molecular weight excluding hydrogens is 313 g/mol. The standard InChI is InChI=1S/C17H24FN3O3/c1-20(10-12-3-4-15(24-2)14(18)9-12)16(22)11-21-7-5-13(6-8-21)17(19)23/h3-4,9,13H,5-8,10-11H2,1-2H3,(H2,19,23). The Labute approximate surface area is 141 Å². The van der Waals surface area contributed by atoms with Crippen LogP contribution in [-0.2, 0) is 16.1 Å². The van der Waals surface area contributed by atoms with Crippen LogP contribution in [0.1, 0.15) is 18.4 Å². The van der Waals surface area contributed by atoms with Crippen molar-refractivity contribution in [2.24, 2.45) is 11.7 Å². The van der Waals surface area contributed by atoms with Gasteiger partial charge in [-0.25, -0.2) is 4.39 Å². The van der Waals surface area contributed by atoms with Crippen LogP contribution < -0.4 is 10.5 Å². The van der Waals surface area contributed by atoms with Crippen LogP contribution in [-0.4, -0.2) is 55.4 Å². The summed E-state index contributed by atoms with van der Waals surface area (Å²) < 4.78 is 18.6. The number of hydrogen-bond acceptors (Lipinski definition) is 4. The normalized spacial score (nSPS) is 16.0. The van der Waals surface area contributed by atoms with E-state index in [1.54, 1.807) is 24.1 Å². The van der Waals surface area contributed by atoms with Gasteiger partial charge in [-0.3, -0.25) is 14.5 Å².